The van der Waals surface area contributed by atoms with Crippen molar-refractivity contribution in [2.75, 3.05) is 0 Å². The van der Waals surface area contributed by atoms with Crippen LogP contribution >= 0.6 is 41.2 Å². The second kappa shape index (κ2) is 4.01. The minimum absolute atomic E-state index is 0.229. The Balaban J connectivity index is 2.39. The van der Waals surface area contributed by atoms with Crippen molar-refractivity contribution >= 4 is 47.2 Å². The molecule has 1 rings (SSSR count). The lowest BCUT2D eigenvalue weighted by atomic mass is 10.4. The molecule has 1 atom stereocenters. The summed E-state index contributed by atoms with van der Waals surface area (Å²) in [6, 6.07) is 0. The van der Waals surface area contributed by atoms with E-state index >= 15 is 0 Å². The Morgan fingerprint density at radius 3 is 2.30 bits per heavy atom. The minimum Gasteiger partial charge on any atom is -0.479 e. The predicted molar refractivity (Wildman–Crippen MR) is 47.8 cm³/mol. The number of hydrogen-bond donors (Lipinski definition) is 2. The van der Waals surface area contributed by atoms with Crippen LogP contribution in [0.1, 0.15) is 0 Å². The van der Waals surface area contributed by atoms with E-state index in [2.05, 4.69) is 0 Å². The van der Waals surface area contributed by atoms with E-state index in [4.69, 9.17) is 10.2 Å². The molecule has 0 bridgehead atoms. The van der Waals surface area contributed by atoms with Crippen molar-refractivity contribution in [2.45, 2.75) is 10.7 Å². The number of carboxylic acids is 1. The molecule has 1 fully saturated rings. The van der Waals surface area contributed by atoms with Crippen LogP contribution < -0.4 is 0 Å². The molecular formula is C3H4O3S4. The van der Waals surface area contributed by atoms with Gasteiger partial charge in [0.2, 0.25) is 0 Å². The van der Waals surface area contributed by atoms with Crippen LogP contribution in [0.2, 0.25) is 0 Å². The lowest BCUT2D eigenvalue weighted by Crippen LogP contribution is -2.27. The zero-order valence-corrected chi connectivity index (χ0v) is 7.86. The molecule has 0 aromatic carbocycles. The summed E-state index contributed by atoms with van der Waals surface area (Å²) in [7, 11) is 5.78. The second-order valence-corrected chi connectivity index (χ2v) is 7.87. The first-order chi connectivity index (χ1) is 4.72. The van der Waals surface area contributed by atoms with E-state index in [9.17, 15) is 4.79 Å². The van der Waals surface area contributed by atoms with Gasteiger partial charge in [0, 0.05) is 0 Å². The van der Waals surface area contributed by atoms with Gasteiger partial charge in [0.1, 0.15) is 4.58 Å². The van der Waals surface area contributed by atoms with E-state index in [1.54, 1.807) is 0 Å². The third-order valence-corrected chi connectivity index (χ3v) is 8.52. The van der Waals surface area contributed by atoms with E-state index < -0.39 is 12.1 Å². The molecule has 58 valence electrons. The van der Waals surface area contributed by atoms with Crippen molar-refractivity contribution in [3.05, 3.63) is 0 Å². The van der Waals surface area contributed by atoms with Crippen LogP contribution in [0.15, 0.2) is 0 Å². The summed E-state index contributed by atoms with van der Waals surface area (Å²) in [6.45, 7) is 0. The van der Waals surface area contributed by atoms with E-state index in [0.717, 1.165) is 0 Å². The molecule has 1 aliphatic heterocycles. The standard InChI is InChI=1S/C3H4O3S4/c4-1(2(5)6)3-7-9-10-8-3/h1,3-4H,(H,5,6). The number of carboxylic acid groups (broad SMARTS) is 1. The normalized spacial score (nSPS) is 22.9. The molecular weight excluding hydrogens is 212 g/mol. The number of aliphatic hydroxyl groups is 1. The van der Waals surface area contributed by atoms with Crippen molar-refractivity contribution < 1.29 is 15.0 Å². The van der Waals surface area contributed by atoms with Crippen molar-refractivity contribution in [2.24, 2.45) is 0 Å². The van der Waals surface area contributed by atoms with E-state index in [1.807, 2.05) is 0 Å². The highest BCUT2D eigenvalue weighted by molar-refractivity contribution is 9.31. The number of carbonyl (C=O) groups is 1. The lowest BCUT2D eigenvalue weighted by Gasteiger charge is -2.08. The first kappa shape index (κ1) is 8.92. The number of aliphatic hydroxyl groups excluding tert-OH is 1. The molecule has 0 amide bonds. The van der Waals surface area contributed by atoms with Gasteiger partial charge in [-0.05, 0) is 19.7 Å². The van der Waals surface area contributed by atoms with Gasteiger partial charge in [0.05, 0.1) is 0 Å². The van der Waals surface area contributed by atoms with Crippen LogP contribution in [0.25, 0.3) is 0 Å². The fraction of sp³-hybridized carbons (Fsp3) is 0.667. The van der Waals surface area contributed by atoms with E-state index in [-0.39, 0.29) is 4.58 Å². The molecule has 2 N–H and O–H groups in total. The van der Waals surface area contributed by atoms with Crippen molar-refractivity contribution in [1.82, 2.24) is 0 Å². The molecule has 3 nitrogen and oxygen atoms in total. The summed E-state index contributed by atoms with van der Waals surface area (Å²) in [5, 5.41) is 17.3. The van der Waals surface area contributed by atoms with Crippen LogP contribution in [0, 0.1) is 0 Å². The Kier molecular flexibility index (Phi) is 3.58. The van der Waals surface area contributed by atoms with Gasteiger partial charge in [-0.25, -0.2) is 4.79 Å². The smallest absolute Gasteiger partial charge is 0.334 e. The Morgan fingerprint density at radius 1 is 1.40 bits per heavy atom. The predicted octanol–water partition coefficient (Wildman–Crippen LogP) is 1.45. The summed E-state index contributed by atoms with van der Waals surface area (Å²) >= 11 is 0. The van der Waals surface area contributed by atoms with Gasteiger partial charge in [-0.3, -0.25) is 0 Å². The average molecular weight is 216 g/mol. The van der Waals surface area contributed by atoms with Crippen LogP contribution in [-0.2, 0) is 4.79 Å². The monoisotopic (exact) mass is 216 g/mol. The topological polar surface area (TPSA) is 57.5 Å². The van der Waals surface area contributed by atoms with Gasteiger partial charge in [-0.2, -0.15) is 0 Å². The van der Waals surface area contributed by atoms with Crippen LogP contribution in [-0.4, -0.2) is 26.9 Å². The Bertz CT molecular complexity index is 134. The minimum atomic E-state index is -1.24. The van der Waals surface area contributed by atoms with E-state index in [1.165, 1.54) is 41.2 Å². The maximum atomic E-state index is 10.2. The number of aliphatic carboxylic acids is 1. The van der Waals surface area contributed by atoms with Gasteiger partial charge in [-0.1, -0.05) is 21.6 Å². The largest absolute Gasteiger partial charge is 0.479 e. The summed E-state index contributed by atoms with van der Waals surface area (Å²) in [4.78, 5) is 10.2. The quantitative estimate of drug-likeness (QED) is 0.677. The van der Waals surface area contributed by atoms with Gasteiger partial charge >= 0.3 is 5.97 Å². The third-order valence-electron chi connectivity index (χ3n) is 0.807. The molecule has 0 radical (unpaired) electrons. The van der Waals surface area contributed by atoms with Gasteiger partial charge in [0.15, 0.2) is 6.10 Å². The maximum Gasteiger partial charge on any atom is 0.334 e. The van der Waals surface area contributed by atoms with Gasteiger partial charge in [0.25, 0.3) is 0 Å². The van der Waals surface area contributed by atoms with E-state index in [0.29, 0.717) is 0 Å². The summed E-state index contributed by atoms with van der Waals surface area (Å²) in [6.07, 6.45) is -1.24. The molecule has 0 aromatic heterocycles. The molecule has 1 heterocycles. The van der Waals surface area contributed by atoms with Crippen molar-refractivity contribution in [1.29, 1.82) is 0 Å². The van der Waals surface area contributed by atoms with Crippen LogP contribution in [0.5, 0.6) is 0 Å². The number of hydrogen-bond acceptors (Lipinski definition) is 6. The molecule has 0 aliphatic carbocycles. The van der Waals surface area contributed by atoms with Gasteiger partial charge < -0.3 is 10.2 Å². The highest BCUT2D eigenvalue weighted by atomic mass is 33.7. The van der Waals surface area contributed by atoms with Crippen molar-refractivity contribution in [3.63, 3.8) is 0 Å². The molecule has 0 aromatic rings. The number of rotatable bonds is 2. The maximum absolute atomic E-state index is 10.2. The third kappa shape index (κ3) is 2.16. The molecule has 0 spiro atoms. The first-order valence-corrected chi connectivity index (χ1v) is 7.22. The van der Waals surface area contributed by atoms with Gasteiger partial charge in [-0.15, -0.1) is 0 Å². The SMILES string of the molecule is O=C(O)C(O)C1SSSS1. The Morgan fingerprint density at radius 2 is 1.90 bits per heavy atom. The fourth-order valence-corrected chi connectivity index (χ4v) is 9.02. The highest BCUT2D eigenvalue weighted by Crippen LogP contribution is 2.59. The second-order valence-electron chi connectivity index (χ2n) is 1.48. The van der Waals surface area contributed by atoms with Crippen LogP contribution in [0.4, 0.5) is 0 Å². The lowest BCUT2D eigenvalue weighted by molar-refractivity contribution is -0.145. The average Bonchev–Trinajstić information content (AvgIpc) is 2.36. The molecule has 10 heavy (non-hydrogen) atoms. The molecule has 7 heteroatoms. The molecule has 1 aliphatic rings. The highest BCUT2D eigenvalue weighted by Gasteiger charge is 2.31. The zero-order chi connectivity index (χ0) is 7.56. The molecule has 1 unspecified atom stereocenters. The van der Waals surface area contributed by atoms with Crippen LogP contribution in [0.3, 0.4) is 0 Å². The fourth-order valence-electron chi connectivity index (χ4n) is 0.347. The molecule has 1 saturated heterocycles. The summed E-state index contributed by atoms with van der Waals surface area (Å²) < 4.78 is -0.229. The first-order valence-electron chi connectivity index (χ1n) is 2.28. The Labute approximate surface area is 72.9 Å². The zero-order valence-electron chi connectivity index (χ0n) is 4.59. The summed E-state index contributed by atoms with van der Waals surface area (Å²) in [5.41, 5.74) is 0. The summed E-state index contributed by atoms with van der Waals surface area (Å²) in [5.74, 6) is -1.15. The van der Waals surface area contributed by atoms with Crippen molar-refractivity contribution in [3.8, 4) is 0 Å². The Hall–Kier alpha value is 0.830. The molecule has 0 saturated carbocycles.